The SMILES string of the molecule is Cc1ccc(S(=O)(=O)N2CCN(S(=O)(=O)c3ccccc3F)CC2)c(C)c1. The first-order chi connectivity index (χ1) is 12.6. The van der Waals surface area contributed by atoms with Crippen molar-refractivity contribution in [3.63, 3.8) is 0 Å². The van der Waals surface area contributed by atoms with Gasteiger partial charge in [-0.1, -0.05) is 29.8 Å². The molecule has 1 heterocycles. The zero-order valence-electron chi connectivity index (χ0n) is 15.1. The summed E-state index contributed by atoms with van der Waals surface area (Å²) in [5, 5.41) is 0. The maximum Gasteiger partial charge on any atom is 0.246 e. The van der Waals surface area contributed by atoms with E-state index in [1.54, 1.807) is 25.1 Å². The van der Waals surface area contributed by atoms with Crippen molar-refractivity contribution in [1.29, 1.82) is 0 Å². The summed E-state index contributed by atoms with van der Waals surface area (Å²) in [5.74, 6) is -0.817. The van der Waals surface area contributed by atoms with E-state index in [4.69, 9.17) is 0 Å². The molecule has 2 aromatic carbocycles. The van der Waals surface area contributed by atoms with E-state index < -0.39 is 30.8 Å². The molecule has 146 valence electrons. The molecule has 0 aromatic heterocycles. The van der Waals surface area contributed by atoms with Gasteiger partial charge in [0.2, 0.25) is 20.0 Å². The molecule has 6 nitrogen and oxygen atoms in total. The van der Waals surface area contributed by atoms with Gasteiger partial charge >= 0.3 is 0 Å². The smallest absolute Gasteiger partial charge is 0.207 e. The number of hydrogen-bond donors (Lipinski definition) is 0. The Morgan fingerprint density at radius 1 is 0.778 bits per heavy atom. The highest BCUT2D eigenvalue weighted by Gasteiger charge is 2.35. The molecule has 0 radical (unpaired) electrons. The molecule has 9 heteroatoms. The van der Waals surface area contributed by atoms with Crippen LogP contribution in [-0.4, -0.2) is 51.6 Å². The third-order valence-corrected chi connectivity index (χ3v) is 8.59. The lowest BCUT2D eigenvalue weighted by molar-refractivity contribution is 0.272. The zero-order chi connectivity index (χ0) is 19.8. The third-order valence-electron chi connectivity index (χ3n) is 4.60. The van der Waals surface area contributed by atoms with Gasteiger partial charge in [0.25, 0.3) is 0 Å². The minimum atomic E-state index is -4.00. The van der Waals surface area contributed by atoms with E-state index >= 15 is 0 Å². The highest BCUT2D eigenvalue weighted by molar-refractivity contribution is 7.89. The minimum Gasteiger partial charge on any atom is -0.207 e. The van der Waals surface area contributed by atoms with Crippen molar-refractivity contribution in [2.45, 2.75) is 23.6 Å². The second kappa shape index (κ2) is 7.31. The van der Waals surface area contributed by atoms with Crippen LogP contribution in [-0.2, 0) is 20.0 Å². The van der Waals surface area contributed by atoms with Crippen LogP contribution in [0.3, 0.4) is 0 Å². The Kier molecular flexibility index (Phi) is 5.40. The highest BCUT2D eigenvalue weighted by atomic mass is 32.2. The van der Waals surface area contributed by atoms with Gasteiger partial charge in [-0.2, -0.15) is 8.61 Å². The molecular weight excluding hydrogens is 391 g/mol. The number of nitrogens with zero attached hydrogens (tertiary/aromatic N) is 2. The predicted octanol–water partition coefficient (Wildman–Crippen LogP) is 2.14. The number of aryl methyl sites for hydroxylation is 2. The van der Waals surface area contributed by atoms with Gasteiger partial charge in [-0.15, -0.1) is 0 Å². The Labute approximate surface area is 159 Å². The van der Waals surface area contributed by atoms with Crippen molar-refractivity contribution >= 4 is 20.0 Å². The molecular formula is C18H21FN2O4S2. The summed E-state index contributed by atoms with van der Waals surface area (Å²) in [6.07, 6.45) is 0. The van der Waals surface area contributed by atoms with Crippen LogP contribution in [0.1, 0.15) is 11.1 Å². The number of piperazine rings is 1. The van der Waals surface area contributed by atoms with Gasteiger partial charge in [0.05, 0.1) is 4.90 Å². The van der Waals surface area contributed by atoms with Gasteiger partial charge in [0, 0.05) is 26.2 Å². The fraction of sp³-hybridized carbons (Fsp3) is 0.333. The lowest BCUT2D eigenvalue weighted by atomic mass is 10.2. The molecule has 1 fully saturated rings. The van der Waals surface area contributed by atoms with Crippen molar-refractivity contribution < 1.29 is 21.2 Å². The number of sulfonamides is 2. The number of hydrogen-bond acceptors (Lipinski definition) is 4. The standard InChI is InChI=1S/C18H21FN2O4S2/c1-14-7-8-17(15(2)13-14)26(22,23)20-9-11-21(12-10-20)27(24,25)18-6-4-3-5-16(18)19/h3-8,13H,9-12H2,1-2H3. The van der Waals surface area contributed by atoms with Gasteiger partial charge in [-0.25, -0.2) is 21.2 Å². The van der Waals surface area contributed by atoms with Gasteiger partial charge in [0.1, 0.15) is 10.7 Å². The monoisotopic (exact) mass is 412 g/mol. The van der Waals surface area contributed by atoms with Crippen molar-refractivity contribution in [1.82, 2.24) is 8.61 Å². The van der Waals surface area contributed by atoms with Crippen LogP contribution in [0.2, 0.25) is 0 Å². The first kappa shape index (κ1) is 19.9. The third kappa shape index (κ3) is 3.77. The molecule has 27 heavy (non-hydrogen) atoms. The van der Waals surface area contributed by atoms with Crippen molar-refractivity contribution in [3.8, 4) is 0 Å². The summed E-state index contributed by atoms with van der Waals surface area (Å²) in [4.78, 5) is -0.172. The molecule has 0 N–H and O–H groups in total. The van der Waals surface area contributed by atoms with Crippen LogP contribution < -0.4 is 0 Å². The first-order valence-corrected chi connectivity index (χ1v) is 11.3. The van der Waals surface area contributed by atoms with Crippen LogP contribution in [0.15, 0.2) is 52.3 Å². The summed E-state index contributed by atoms with van der Waals surface area (Å²) in [6.45, 7) is 3.60. The Bertz CT molecular complexity index is 1060. The number of benzene rings is 2. The van der Waals surface area contributed by atoms with Gasteiger partial charge in [-0.3, -0.25) is 0 Å². The molecule has 1 aliphatic rings. The minimum absolute atomic E-state index is 0.0172. The molecule has 0 atom stereocenters. The van der Waals surface area contributed by atoms with Crippen LogP contribution >= 0.6 is 0 Å². The lowest BCUT2D eigenvalue weighted by Gasteiger charge is -2.33. The summed E-state index contributed by atoms with van der Waals surface area (Å²) >= 11 is 0. The highest BCUT2D eigenvalue weighted by Crippen LogP contribution is 2.25. The van der Waals surface area contributed by atoms with Crippen molar-refractivity contribution in [2.24, 2.45) is 0 Å². The largest absolute Gasteiger partial charge is 0.246 e. The summed E-state index contributed by atoms with van der Waals surface area (Å²) in [7, 11) is -7.72. The molecule has 0 bridgehead atoms. The second-order valence-corrected chi connectivity index (χ2v) is 10.3. The average molecular weight is 413 g/mol. The van der Waals surface area contributed by atoms with Crippen LogP contribution in [0, 0.1) is 19.7 Å². The topological polar surface area (TPSA) is 74.8 Å². The molecule has 3 rings (SSSR count). The quantitative estimate of drug-likeness (QED) is 0.771. The Hall–Kier alpha value is -1.81. The van der Waals surface area contributed by atoms with E-state index in [1.807, 2.05) is 6.92 Å². The Balaban J connectivity index is 1.80. The van der Waals surface area contributed by atoms with E-state index in [1.165, 1.54) is 22.5 Å². The van der Waals surface area contributed by atoms with E-state index in [2.05, 4.69) is 0 Å². The van der Waals surface area contributed by atoms with E-state index in [0.29, 0.717) is 5.56 Å². The van der Waals surface area contributed by atoms with Gasteiger partial charge < -0.3 is 0 Å². The van der Waals surface area contributed by atoms with Crippen LogP contribution in [0.25, 0.3) is 0 Å². The van der Waals surface area contributed by atoms with E-state index in [9.17, 15) is 21.2 Å². The summed E-state index contributed by atoms with van der Waals surface area (Å²) < 4.78 is 67.4. The maximum absolute atomic E-state index is 13.9. The fourth-order valence-electron chi connectivity index (χ4n) is 3.17. The van der Waals surface area contributed by atoms with Crippen LogP contribution in [0.5, 0.6) is 0 Å². The normalized spacial score (nSPS) is 17.1. The van der Waals surface area contributed by atoms with Gasteiger partial charge in [0.15, 0.2) is 0 Å². The molecule has 0 saturated carbocycles. The summed E-state index contributed by atoms with van der Waals surface area (Å²) in [5.41, 5.74) is 1.61. The van der Waals surface area contributed by atoms with Crippen molar-refractivity contribution in [3.05, 3.63) is 59.4 Å². The lowest BCUT2D eigenvalue weighted by Crippen LogP contribution is -2.50. The number of halogens is 1. The molecule has 2 aromatic rings. The second-order valence-electron chi connectivity index (χ2n) is 6.51. The Morgan fingerprint density at radius 2 is 1.30 bits per heavy atom. The summed E-state index contributed by atoms with van der Waals surface area (Å²) in [6, 6.07) is 10.3. The molecule has 1 aliphatic heterocycles. The average Bonchev–Trinajstić information content (AvgIpc) is 2.61. The van der Waals surface area contributed by atoms with Crippen molar-refractivity contribution in [2.75, 3.05) is 26.2 Å². The maximum atomic E-state index is 13.9. The van der Waals surface area contributed by atoms with E-state index in [0.717, 1.165) is 15.9 Å². The predicted molar refractivity (Wildman–Crippen MR) is 99.8 cm³/mol. The fourth-order valence-corrected chi connectivity index (χ4v) is 6.29. The molecule has 0 aliphatic carbocycles. The first-order valence-electron chi connectivity index (χ1n) is 8.46. The Morgan fingerprint density at radius 3 is 1.81 bits per heavy atom. The van der Waals surface area contributed by atoms with Gasteiger partial charge in [-0.05, 0) is 37.6 Å². The molecule has 1 saturated heterocycles. The van der Waals surface area contributed by atoms with Crippen LogP contribution in [0.4, 0.5) is 4.39 Å². The molecule has 0 amide bonds. The zero-order valence-corrected chi connectivity index (χ0v) is 16.7. The molecule has 0 spiro atoms. The van der Waals surface area contributed by atoms with E-state index in [-0.39, 0.29) is 31.1 Å². The number of rotatable bonds is 4. The molecule has 0 unspecified atom stereocenters.